The minimum atomic E-state index is -0.653. The van der Waals surface area contributed by atoms with E-state index in [0.29, 0.717) is 32.5 Å². The SMILES string of the molecule is CC(Cl)C(=O)NC(C)c1nnc(SCc2ccccc2)n1-c1ccc(Cl)cc1Cl. The molecule has 152 valence electrons. The van der Waals surface area contributed by atoms with Crippen LogP contribution < -0.4 is 5.32 Å². The van der Waals surface area contributed by atoms with E-state index in [0.717, 1.165) is 5.56 Å². The molecule has 0 aliphatic heterocycles. The van der Waals surface area contributed by atoms with Gasteiger partial charge in [0.15, 0.2) is 11.0 Å². The van der Waals surface area contributed by atoms with E-state index in [9.17, 15) is 4.79 Å². The fourth-order valence-electron chi connectivity index (χ4n) is 2.66. The normalized spacial score (nSPS) is 13.1. The van der Waals surface area contributed by atoms with E-state index in [1.165, 1.54) is 11.8 Å². The fraction of sp³-hybridized carbons (Fsp3) is 0.250. The van der Waals surface area contributed by atoms with Crippen LogP contribution in [0.15, 0.2) is 53.7 Å². The zero-order chi connectivity index (χ0) is 21.0. The van der Waals surface area contributed by atoms with E-state index in [-0.39, 0.29) is 5.91 Å². The lowest BCUT2D eigenvalue weighted by molar-refractivity contribution is -0.121. The first-order chi connectivity index (χ1) is 13.9. The first kappa shape index (κ1) is 22.0. The number of benzene rings is 2. The molecule has 2 atom stereocenters. The van der Waals surface area contributed by atoms with Crippen molar-refractivity contribution in [2.24, 2.45) is 0 Å². The van der Waals surface area contributed by atoms with Gasteiger partial charge >= 0.3 is 0 Å². The highest BCUT2D eigenvalue weighted by molar-refractivity contribution is 7.98. The van der Waals surface area contributed by atoms with Crippen molar-refractivity contribution >= 4 is 52.5 Å². The van der Waals surface area contributed by atoms with Crippen LogP contribution in [-0.2, 0) is 10.5 Å². The monoisotopic (exact) mass is 468 g/mol. The molecule has 0 radical (unpaired) electrons. The van der Waals surface area contributed by atoms with Crippen LogP contribution in [0.1, 0.15) is 31.3 Å². The van der Waals surface area contributed by atoms with Crippen molar-refractivity contribution in [1.29, 1.82) is 0 Å². The average Bonchev–Trinajstić information content (AvgIpc) is 3.11. The summed E-state index contributed by atoms with van der Waals surface area (Å²) in [5.41, 5.74) is 1.85. The van der Waals surface area contributed by atoms with Crippen LogP contribution in [0.2, 0.25) is 10.0 Å². The van der Waals surface area contributed by atoms with Crippen LogP contribution >= 0.6 is 46.6 Å². The molecular weight excluding hydrogens is 451 g/mol. The van der Waals surface area contributed by atoms with Crippen LogP contribution in [-0.4, -0.2) is 26.0 Å². The van der Waals surface area contributed by atoms with Gasteiger partial charge in [0.05, 0.1) is 16.8 Å². The van der Waals surface area contributed by atoms with E-state index in [4.69, 9.17) is 34.8 Å². The van der Waals surface area contributed by atoms with E-state index in [2.05, 4.69) is 27.6 Å². The number of nitrogens with one attached hydrogen (secondary N) is 1. The number of rotatable bonds is 7. The maximum Gasteiger partial charge on any atom is 0.238 e. The van der Waals surface area contributed by atoms with E-state index < -0.39 is 11.4 Å². The van der Waals surface area contributed by atoms with Crippen molar-refractivity contribution in [3.8, 4) is 5.69 Å². The quantitative estimate of drug-likeness (QED) is 0.358. The molecule has 0 spiro atoms. The minimum absolute atomic E-state index is 0.283. The Hall–Kier alpha value is -1.73. The lowest BCUT2D eigenvalue weighted by atomic mass is 10.2. The molecule has 1 N–H and O–H groups in total. The summed E-state index contributed by atoms with van der Waals surface area (Å²) in [6.07, 6.45) is 0. The minimum Gasteiger partial charge on any atom is -0.345 e. The van der Waals surface area contributed by atoms with Gasteiger partial charge in [-0.05, 0) is 37.6 Å². The number of alkyl halides is 1. The Morgan fingerprint density at radius 2 is 1.86 bits per heavy atom. The predicted molar refractivity (Wildman–Crippen MR) is 119 cm³/mol. The van der Waals surface area contributed by atoms with Crippen molar-refractivity contribution in [3.63, 3.8) is 0 Å². The summed E-state index contributed by atoms with van der Waals surface area (Å²) in [5.74, 6) is 0.980. The Morgan fingerprint density at radius 3 is 2.52 bits per heavy atom. The van der Waals surface area contributed by atoms with Gasteiger partial charge in [-0.1, -0.05) is 65.3 Å². The molecular formula is C20H19Cl3N4OS. The van der Waals surface area contributed by atoms with Gasteiger partial charge in [-0.15, -0.1) is 21.8 Å². The Bertz CT molecular complexity index is 995. The van der Waals surface area contributed by atoms with Crippen molar-refractivity contribution < 1.29 is 4.79 Å². The Morgan fingerprint density at radius 1 is 1.14 bits per heavy atom. The predicted octanol–water partition coefficient (Wildman–Crippen LogP) is 5.67. The first-order valence-electron chi connectivity index (χ1n) is 8.88. The lowest BCUT2D eigenvalue weighted by Gasteiger charge is -2.18. The third kappa shape index (κ3) is 5.45. The number of hydrogen-bond donors (Lipinski definition) is 1. The number of hydrogen-bond acceptors (Lipinski definition) is 4. The molecule has 0 aliphatic rings. The van der Waals surface area contributed by atoms with Crippen LogP contribution in [0.25, 0.3) is 5.69 Å². The molecule has 5 nitrogen and oxygen atoms in total. The molecule has 3 rings (SSSR count). The highest BCUT2D eigenvalue weighted by Gasteiger charge is 2.23. The number of carbonyl (C=O) groups is 1. The van der Waals surface area contributed by atoms with Crippen molar-refractivity contribution in [1.82, 2.24) is 20.1 Å². The van der Waals surface area contributed by atoms with Gasteiger partial charge < -0.3 is 5.32 Å². The smallest absolute Gasteiger partial charge is 0.238 e. The molecule has 2 aromatic carbocycles. The summed E-state index contributed by atoms with van der Waals surface area (Å²) in [6, 6.07) is 14.9. The molecule has 29 heavy (non-hydrogen) atoms. The third-order valence-electron chi connectivity index (χ3n) is 4.13. The van der Waals surface area contributed by atoms with Gasteiger partial charge in [0.2, 0.25) is 5.91 Å². The largest absolute Gasteiger partial charge is 0.345 e. The summed E-state index contributed by atoms with van der Waals surface area (Å²) in [4.78, 5) is 12.1. The maximum atomic E-state index is 12.1. The zero-order valence-electron chi connectivity index (χ0n) is 15.8. The van der Waals surface area contributed by atoms with Crippen molar-refractivity contribution in [3.05, 3.63) is 70.0 Å². The van der Waals surface area contributed by atoms with Crippen molar-refractivity contribution in [2.45, 2.75) is 36.2 Å². The second-order valence-corrected chi connectivity index (χ2v) is 8.83. The molecule has 0 bridgehead atoms. The molecule has 1 heterocycles. The fourth-order valence-corrected chi connectivity index (χ4v) is 4.12. The standard InChI is InChI=1S/C20H19Cl3N4OS/c1-12(21)19(28)24-13(2)18-25-26-20(29-11-14-6-4-3-5-7-14)27(18)17-9-8-15(22)10-16(17)23/h3-10,12-13H,11H2,1-2H3,(H,24,28). The Kier molecular flexibility index (Phi) is 7.46. The Balaban J connectivity index is 1.97. The molecule has 0 fully saturated rings. The summed E-state index contributed by atoms with van der Waals surface area (Å²) in [5, 5.41) is 12.5. The van der Waals surface area contributed by atoms with Gasteiger partial charge in [-0.2, -0.15) is 0 Å². The van der Waals surface area contributed by atoms with Gasteiger partial charge in [-0.3, -0.25) is 9.36 Å². The van der Waals surface area contributed by atoms with Crippen molar-refractivity contribution in [2.75, 3.05) is 0 Å². The van der Waals surface area contributed by atoms with E-state index >= 15 is 0 Å². The third-order valence-corrected chi connectivity index (χ3v) is 5.86. The molecule has 1 amide bonds. The summed E-state index contributed by atoms with van der Waals surface area (Å²) < 4.78 is 1.84. The van der Waals surface area contributed by atoms with Crippen LogP contribution in [0.3, 0.4) is 0 Å². The number of nitrogens with zero attached hydrogens (tertiary/aromatic N) is 3. The van der Waals surface area contributed by atoms with Gasteiger partial charge in [0.25, 0.3) is 0 Å². The summed E-state index contributed by atoms with van der Waals surface area (Å²) in [7, 11) is 0. The van der Waals surface area contributed by atoms with Gasteiger partial charge in [0.1, 0.15) is 5.38 Å². The van der Waals surface area contributed by atoms with Crippen LogP contribution in [0.5, 0.6) is 0 Å². The first-order valence-corrected chi connectivity index (χ1v) is 11.1. The summed E-state index contributed by atoms with van der Waals surface area (Å²) >= 11 is 19.9. The van der Waals surface area contributed by atoms with Gasteiger partial charge in [-0.25, -0.2) is 0 Å². The van der Waals surface area contributed by atoms with E-state index in [1.54, 1.807) is 19.1 Å². The Labute approximate surface area is 188 Å². The number of carbonyl (C=O) groups excluding carboxylic acids is 1. The van der Waals surface area contributed by atoms with Gasteiger partial charge in [0, 0.05) is 10.8 Å². The molecule has 0 saturated carbocycles. The van der Waals surface area contributed by atoms with Crippen LogP contribution in [0.4, 0.5) is 0 Å². The number of halogens is 3. The summed E-state index contributed by atoms with van der Waals surface area (Å²) in [6.45, 7) is 3.44. The van der Waals surface area contributed by atoms with E-state index in [1.807, 2.05) is 35.8 Å². The molecule has 9 heteroatoms. The zero-order valence-corrected chi connectivity index (χ0v) is 18.9. The lowest BCUT2D eigenvalue weighted by Crippen LogP contribution is -2.33. The average molecular weight is 470 g/mol. The molecule has 0 aliphatic carbocycles. The molecule has 0 saturated heterocycles. The number of amides is 1. The highest BCUT2D eigenvalue weighted by atomic mass is 35.5. The number of thioether (sulfide) groups is 1. The number of aromatic nitrogens is 3. The topological polar surface area (TPSA) is 59.8 Å². The maximum absolute atomic E-state index is 12.1. The molecule has 1 aromatic heterocycles. The van der Waals surface area contributed by atoms with Crippen LogP contribution in [0, 0.1) is 0 Å². The molecule has 3 aromatic rings. The molecule has 2 unspecified atom stereocenters. The highest BCUT2D eigenvalue weighted by Crippen LogP contribution is 2.32. The second-order valence-electron chi connectivity index (χ2n) is 6.39. The second kappa shape index (κ2) is 9.85.